The Morgan fingerprint density at radius 2 is 1.61 bits per heavy atom. The van der Waals surface area contributed by atoms with Crippen LogP contribution in [0, 0.1) is 6.92 Å². The summed E-state index contributed by atoms with van der Waals surface area (Å²) in [6, 6.07) is 24.3. The van der Waals surface area contributed by atoms with Gasteiger partial charge in [0.25, 0.3) is 5.91 Å². The molecule has 3 aromatic carbocycles. The summed E-state index contributed by atoms with van der Waals surface area (Å²) in [7, 11) is 0. The van der Waals surface area contributed by atoms with E-state index in [9.17, 15) is 9.59 Å². The van der Waals surface area contributed by atoms with Crippen molar-refractivity contribution >= 4 is 23.4 Å². The Balaban J connectivity index is 1.61. The third kappa shape index (κ3) is 7.11. The number of halogens is 1. The van der Waals surface area contributed by atoms with E-state index in [4.69, 9.17) is 16.3 Å². The van der Waals surface area contributed by atoms with Crippen LogP contribution in [-0.4, -0.2) is 35.4 Å². The van der Waals surface area contributed by atoms with Crippen LogP contribution in [0.4, 0.5) is 0 Å². The maximum Gasteiger partial charge on any atom is 0.261 e. The summed E-state index contributed by atoms with van der Waals surface area (Å²) in [5.41, 5.74) is 2.85. The van der Waals surface area contributed by atoms with Crippen LogP contribution in [0.25, 0.3) is 0 Å². The fourth-order valence-electron chi connectivity index (χ4n) is 4.65. The molecule has 4 rings (SSSR count). The lowest BCUT2D eigenvalue weighted by molar-refractivity contribution is -0.143. The fraction of sp³-hybridized carbons (Fsp3) is 0.333. The molecule has 3 aromatic rings. The first-order valence-corrected chi connectivity index (χ1v) is 12.9. The molecule has 1 aliphatic rings. The number of nitrogens with zero attached hydrogens (tertiary/aromatic N) is 1. The fourth-order valence-corrected chi connectivity index (χ4v) is 4.77. The molecule has 6 heteroatoms. The second-order valence-electron chi connectivity index (χ2n) is 9.40. The zero-order valence-corrected chi connectivity index (χ0v) is 21.4. The van der Waals surface area contributed by atoms with E-state index in [1.54, 1.807) is 17.0 Å². The summed E-state index contributed by atoms with van der Waals surface area (Å²) in [5, 5.41) is 3.84. The summed E-state index contributed by atoms with van der Waals surface area (Å²) in [6.07, 6.45) is 4.61. The van der Waals surface area contributed by atoms with Crippen molar-refractivity contribution in [1.82, 2.24) is 10.2 Å². The second-order valence-corrected chi connectivity index (χ2v) is 9.83. The summed E-state index contributed by atoms with van der Waals surface area (Å²) in [5.74, 6) is 0.298. The van der Waals surface area contributed by atoms with E-state index in [2.05, 4.69) is 5.32 Å². The smallest absolute Gasteiger partial charge is 0.261 e. The van der Waals surface area contributed by atoms with Crippen molar-refractivity contribution in [2.75, 3.05) is 6.61 Å². The van der Waals surface area contributed by atoms with Crippen molar-refractivity contribution in [3.63, 3.8) is 0 Å². The summed E-state index contributed by atoms with van der Waals surface area (Å²) in [6.45, 7) is 2.07. The first-order chi connectivity index (χ1) is 17.5. The second kappa shape index (κ2) is 12.6. The number of rotatable bonds is 10. The van der Waals surface area contributed by atoms with Crippen LogP contribution in [0.1, 0.15) is 42.4 Å². The number of benzene rings is 3. The molecular weight excluding hydrogens is 472 g/mol. The van der Waals surface area contributed by atoms with Gasteiger partial charge in [0.1, 0.15) is 11.8 Å². The average molecular weight is 505 g/mol. The first-order valence-electron chi connectivity index (χ1n) is 12.6. The van der Waals surface area contributed by atoms with Crippen LogP contribution >= 0.6 is 11.6 Å². The van der Waals surface area contributed by atoms with Crippen LogP contribution in [0.3, 0.4) is 0 Å². The Hall–Kier alpha value is -3.31. The predicted octanol–water partition coefficient (Wildman–Crippen LogP) is 5.73. The van der Waals surface area contributed by atoms with Crippen molar-refractivity contribution in [3.8, 4) is 5.75 Å². The number of para-hydroxylation sites is 1. The number of carbonyl (C=O) groups excluding carboxylic acids is 2. The molecule has 0 aromatic heterocycles. The standard InChI is InChI=1S/C30H33ClN2O3/c1-22-9-5-8-14-28(22)36-21-29(34)33(20-24-15-17-25(31)18-16-24)27(19-23-10-3-2-4-11-23)30(35)32-26-12-6-7-13-26/h2-5,8-11,14-18,26-27H,6-7,12-13,19-21H2,1H3,(H,32,35). The van der Waals surface area contributed by atoms with Crippen molar-refractivity contribution in [2.24, 2.45) is 0 Å². The molecule has 0 bridgehead atoms. The Morgan fingerprint density at radius 1 is 0.944 bits per heavy atom. The molecule has 1 N–H and O–H groups in total. The lowest BCUT2D eigenvalue weighted by Crippen LogP contribution is -2.53. The summed E-state index contributed by atoms with van der Waals surface area (Å²) < 4.78 is 5.91. The molecule has 36 heavy (non-hydrogen) atoms. The van der Waals surface area contributed by atoms with Gasteiger partial charge in [0.2, 0.25) is 5.91 Å². The Kier molecular flexibility index (Phi) is 9.01. The Bertz CT molecular complexity index is 1140. The Labute approximate surface area is 218 Å². The van der Waals surface area contributed by atoms with Gasteiger partial charge in [-0.25, -0.2) is 0 Å². The number of nitrogens with one attached hydrogen (secondary N) is 1. The zero-order chi connectivity index (χ0) is 25.3. The molecule has 188 valence electrons. The van der Waals surface area contributed by atoms with Gasteiger partial charge in [-0.15, -0.1) is 0 Å². The maximum atomic E-state index is 13.7. The van der Waals surface area contributed by atoms with Gasteiger partial charge in [0.05, 0.1) is 0 Å². The van der Waals surface area contributed by atoms with Crippen LogP contribution in [-0.2, 0) is 22.6 Å². The average Bonchev–Trinajstić information content (AvgIpc) is 3.40. The molecule has 1 saturated carbocycles. The molecule has 5 nitrogen and oxygen atoms in total. The molecule has 0 radical (unpaired) electrons. The van der Waals surface area contributed by atoms with E-state index in [1.807, 2.05) is 73.7 Å². The van der Waals surface area contributed by atoms with Gasteiger partial charge in [0, 0.05) is 24.0 Å². The van der Waals surface area contributed by atoms with Crippen molar-refractivity contribution in [3.05, 3.63) is 101 Å². The molecule has 0 saturated heterocycles. The number of hydrogen-bond acceptors (Lipinski definition) is 3. The van der Waals surface area contributed by atoms with Gasteiger partial charge in [-0.1, -0.05) is 85.1 Å². The SMILES string of the molecule is Cc1ccccc1OCC(=O)N(Cc1ccc(Cl)cc1)C(Cc1ccccc1)C(=O)NC1CCCC1. The van der Waals surface area contributed by atoms with Gasteiger partial charge in [-0.05, 0) is 54.7 Å². The van der Waals surface area contributed by atoms with Crippen LogP contribution in [0.2, 0.25) is 5.02 Å². The number of aryl methyl sites for hydroxylation is 1. The predicted molar refractivity (Wildman–Crippen MR) is 143 cm³/mol. The highest BCUT2D eigenvalue weighted by Gasteiger charge is 2.32. The molecule has 1 unspecified atom stereocenters. The highest BCUT2D eigenvalue weighted by Crippen LogP contribution is 2.21. The maximum absolute atomic E-state index is 13.7. The first kappa shape index (κ1) is 25.8. The molecule has 1 aliphatic carbocycles. The van der Waals surface area contributed by atoms with Gasteiger partial charge in [-0.3, -0.25) is 9.59 Å². The quantitative estimate of drug-likeness (QED) is 0.384. The van der Waals surface area contributed by atoms with Crippen molar-refractivity contribution in [2.45, 2.75) is 57.7 Å². The number of amides is 2. The van der Waals surface area contributed by atoms with Gasteiger partial charge < -0.3 is 15.0 Å². The van der Waals surface area contributed by atoms with Crippen LogP contribution < -0.4 is 10.1 Å². The van der Waals surface area contributed by atoms with Gasteiger partial charge in [0.15, 0.2) is 6.61 Å². The highest BCUT2D eigenvalue weighted by molar-refractivity contribution is 6.30. The lowest BCUT2D eigenvalue weighted by Gasteiger charge is -2.32. The highest BCUT2D eigenvalue weighted by atomic mass is 35.5. The largest absolute Gasteiger partial charge is 0.484 e. The van der Waals surface area contributed by atoms with E-state index in [0.29, 0.717) is 17.2 Å². The Morgan fingerprint density at radius 3 is 2.31 bits per heavy atom. The molecular formula is C30H33ClN2O3. The van der Waals surface area contributed by atoms with Gasteiger partial charge >= 0.3 is 0 Å². The van der Waals surface area contributed by atoms with E-state index >= 15 is 0 Å². The van der Waals surface area contributed by atoms with Crippen molar-refractivity contribution < 1.29 is 14.3 Å². The molecule has 1 fully saturated rings. The van der Waals surface area contributed by atoms with E-state index in [-0.39, 0.29) is 31.0 Å². The number of ether oxygens (including phenoxy) is 1. The minimum absolute atomic E-state index is 0.121. The van der Waals surface area contributed by atoms with E-state index in [1.165, 1.54) is 0 Å². The minimum Gasteiger partial charge on any atom is -0.484 e. The normalized spacial score (nSPS) is 14.3. The van der Waals surface area contributed by atoms with Crippen LogP contribution in [0.15, 0.2) is 78.9 Å². The summed E-state index contributed by atoms with van der Waals surface area (Å²) in [4.78, 5) is 29.0. The molecule has 0 heterocycles. The van der Waals surface area contributed by atoms with E-state index < -0.39 is 6.04 Å². The van der Waals surface area contributed by atoms with Crippen molar-refractivity contribution in [1.29, 1.82) is 0 Å². The minimum atomic E-state index is -0.670. The third-order valence-electron chi connectivity index (χ3n) is 6.68. The lowest BCUT2D eigenvalue weighted by atomic mass is 10.0. The van der Waals surface area contributed by atoms with Gasteiger partial charge in [-0.2, -0.15) is 0 Å². The number of carbonyl (C=O) groups is 2. The van der Waals surface area contributed by atoms with Crippen LogP contribution in [0.5, 0.6) is 5.75 Å². The topological polar surface area (TPSA) is 58.6 Å². The summed E-state index contributed by atoms with van der Waals surface area (Å²) >= 11 is 6.09. The number of hydrogen-bond donors (Lipinski definition) is 1. The molecule has 2 amide bonds. The van der Waals surface area contributed by atoms with E-state index in [0.717, 1.165) is 42.4 Å². The molecule has 0 spiro atoms. The zero-order valence-electron chi connectivity index (χ0n) is 20.7. The third-order valence-corrected chi connectivity index (χ3v) is 6.94. The molecule has 1 atom stereocenters. The molecule has 0 aliphatic heterocycles. The monoisotopic (exact) mass is 504 g/mol.